The molecule has 1 aliphatic carbocycles. The van der Waals surface area contributed by atoms with Gasteiger partial charge in [0.2, 0.25) is 0 Å². The number of hydrogen-bond acceptors (Lipinski definition) is 6. The molecule has 9 nitrogen and oxygen atoms in total. The van der Waals surface area contributed by atoms with Crippen molar-refractivity contribution in [2.45, 2.75) is 69.6 Å². The quantitative estimate of drug-likeness (QED) is 0.384. The van der Waals surface area contributed by atoms with Crippen LogP contribution in [0.2, 0.25) is 0 Å². The third-order valence-corrected chi connectivity index (χ3v) is 7.12. The average molecular weight is 597 g/mol. The topological polar surface area (TPSA) is 128 Å². The Morgan fingerprint density at radius 1 is 1.05 bits per heavy atom. The number of hydrogen-bond donors (Lipinski definition) is 4. The number of rotatable bonds is 5. The minimum Gasteiger partial charge on any atom is -0.475 e. The van der Waals surface area contributed by atoms with Crippen LogP contribution in [-0.4, -0.2) is 87.1 Å². The summed E-state index contributed by atoms with van der Waals surface area (Å²) in [6, 6.07) is 10.9. The molecule has 4 N–H and O–H groups in total. The van der Waals surface area contributed by atoms with Crippen LogP contribution in [0, 0.1) is 13.8 Å². The van der Waals surface area contributed by atoms with E-state index < -0.39 is 24.3 Å². The normalized spacial score (nSPS) is 19.6. The number of aryl methyl sites for hydroxylation is 3. The van der Waals surface area contributed by atoms with Gasteiger partial charge in [-0.2, -0.15) is 31.4 Å². The predicted octanol–water partition coefficient (Wildman–Crippen LogP) is 3.83. The number of aliphatic carboxylic acids is 2. The Morgan fingerprint density at radius 2 is 1.56 bits per heavy atom. The fourth-order valence-electron chi connectivity index (χ4n) is 5.27. The molecule has 0 radical (unpaired) electrons. The molecule has 0 amide bonds. The number of likely N-dealkylation sites (N-methyl/N-ethyl adjacent to an activating group) is 1. The second-order valence-corrected chi connectivity index (χ2v) is 9.97. The van der Waals surface area contributed by atoms with Gasteiger partial charge in [0.15, 0.2) is 0 Å². The summed E-state index contributed by atoms with van der Waals surface area (Å²) in [5.41, 5.74) is 4.90. The molecule has 1 saturated heterocycles. The average Bonchev–Trinajstić information content (AvgIpc) is 3.32. The van der Waals surface area contributed by atoms with Gasteiger partial charge in [-0.1, -0.05) is 24.3 Å². The van der Waals surface area contributed by atoms with Crippen molar-refractivity contribution in [3.63, 3.8) is 0 Å². The molecule has 2 atom stereocenters. The number of carbonyl (C=O) groups is 2. The zero-order valence-electron chi connectivity index (χ0n) is 22.8. The molecule has 230 valence electrons. The molecule has 1 fully saturated rings. The van der Waals surface area contributed by atoms with Crippen LogP contribution in [0.4, 0.5) is 26.3 Å². The number of carboxylic acid groups (broad SMARTS) is 2. The zero-order valence-corrected chi connectivity index (χ0v) is 22.8. The monoisotopic (exact) mass is 596 g/mol. The summed E-state index contributed by atoms with van der Waals surface area (Å²) >= 11 is 0. The maximum atomic E-state index is 11.4. The van der Waals surface area contributed by atoms with Gasteiger partial charge in [-0.25, -0.2) is 9.59 Å². The van der Waals surface area contributed by atoms with Crippen LogP contribution in [0.1, 0.15) is 47.8 Å². The lowest BCUT2D eigenvalue weighted by atomic mass is 9.72. The Kier molecular flexibility index (Phi) is 11.3. The van der Waals surface area contributed by atoms with Crippen molar-refractivity contribution in [2.24, 2.45) is 0 Å². The van der Waals surface area contributed by atoms with E-state index in [9.17, 15) is 31.4 Å². The van der Waals surface area contributed by atoms with E-state index in [1.165, 1.54) is 16.8 Å². The number of aliphatic hydroxyl groups excluding tert-OH is 1. The van der Waals surface area contributed by atoms with Crippen molar-refractivity contribution in [3.8, 4) is 0 Å². The number of aliphatic hydroxyl groups is 1. The van der Waals surface area contributed by atoms with Gasteiger partial charge in [-0.15, -0.1) is 0 Å². The van der Waals surface area contributed by atoms with Crippen LogP contribution in [0.15, 0.2) is 30.3 Å². The number of piperidine rings is 1. The van der Waals surface area contributed by atoms with Gasteiger partial charge in [-0.05, 0) is 70.4 Å². The lowest BCUT2D eigenvalue weighted by molar-refractivity contribution is -0.193. The first-order chi connectivity index (χ1) is 18.9. The lowest BCUT2D eigenvalue weighted by Crippen LogP contribution is -2.48. The molecule has 2 heterocycles. The van der Waals surface area contributed by atoms with Crippen molar-refractivity contribution in [3.05, 3.63) is 52.8 Å². The van der Waals surface area contributed by atoms with Crippen LogP contribution < -0.4 is 5.32 Å². The van der Waals surface area contributed by atoms with Crippen LogP contribution in [0.3, 0.4) is 0 Å². The Bertz CT molecular complexity index is 1150. The first-order valence-corrected chi connectivity index (χ1v) is 12.7. The molecule has 15 heteroatoms. The van der Waals surface area contributed by atoms with E-state index in [1.807, 2.05) is 6.92 Å². The van der Waals surface area contributed by atoms with E-state index >= 15 is 0 Å². The van der Waals surface area contributed by atoms with Gasteiger partial charge in [-0.3, -0.25) is 9.58 Å². The van der Waals surface area contributed by atoms with Crippen molar-refractivity contribution in [1.82, 2.24) is 20.0 Å². The summed E-state index contributed by atoms with van der Waals surface area (Å²) in [6.45, 7) is 7.99. The van der Waals surface area contributed by atoms with Gasteiger partial charge in [0.1, 0.15) is 0 Å². The maximum absolute atomic E-state index is 11.4. The van der Waals surface area contributed by atoms with E-state index in [0.29, 0.717) is 0 Å². The number of nitrogens with zero attached hydrogens (tertiary/aromatic N) is 3. The highest BCUT2D eigenvalue weighted by Crippen LogP contribution is 2.51. The summed E-state index contributed by atoms with van der Waals surface area (Å²) in [7, 11) is 2.16. The molecule has 0 unspecified atom stereocenters. The van der Waals surface area contributed by atoms with Crippen LogP contribution in [0.25, 0.3) is 0 Å². The van der Waals surface area contributed by atoms with Crippen molar-refractivity contribution in [2.75, 3.05) is 26.7 Å². The summed E-state index contributed by atoms with van der Waals surface area (Å²) < 4.78 is 65.6. The third-order valence-electron chi connectivity index (χ3n) is 7.12. The second kappa shape index (κ2) is 13.7. The molecule has 2 aromatic rings. The number of alkyl halides is 6. The molecular formula is C26H34F6N4O5. The summed E-state index contributed by atoms with van der Waals surface area (Å²) in [4.78, 5) is 20.1. The summed E-state index contributed by atoms with van der Waals surface area (Å²) in [6.07, 6.45) is -7.45. The first kappa shape index (κ1) is 34.0. The molecule has 41 heavy (non-hydrogen) atoms. The molecule has 2 aliphatic rings. The molecule has 4 rings (SSSR count). The Labute approximate surface area is 232 Å². The molecule has 1 spiro atoms. The Hall–Kier alpha value is -3.17. The standard InChI is InChI=1S/C22H32N4O.2C2HF3O2/c1-16-15-17(2)26(24-16)14-6-13-25(3)20-18-7-4-5-8-19(18)22(21(20)27)9-11-23-12-10-22;2*3-2(4,5)1(6)7/h4-5,7-8,15,20-21,23,27H,6,9-14H2,1-3H3;2*(H,6,7)/t20-,21+;;/m1../s1. The highest BCUT2D eigenvalue weighted by Gasteiger charge is 2.52. The second-order valence-electron chi connectivity index (χ2n) is 9.97. The number of fused-ring (bicyclic) bond motifs is 2. The third kappa shape index (κ3) is 8.66. The molecule has 1 aliphatic heterocycles. The number of benzene rings is 1. The van der Waals surface area contributed by atoms with E-state index in [1.54, 1.807) is 0 Å². The molecule has 0 saturated carbocycles. The maximum Gasteiger partial charge on any atom is 0.490 e. The number of aromatic nitrogens is 2. The largest absolute Gasteiger partial charge is 0.490 e. The fraction of sp³-hybridized carbons (Fsp3) is 0.577. The van der Waals surface area contributed by atoms with E-state index in [0.717, 1.165) is 51.1 Å². The Balaban J connectivity index is 0.000000349. The highest BCUT2D eigenvalue weighted by molar-refractivity contribution is 5.73. The van der Waals surface area contributed by atoms with Crippen LogP contribution in [0.5, 0.6) is 0 Å². The van der Waals surface area contributed by atoms with E-state index in [-0.39, 0.29) is 17.6 Å². The van der Waals surface area contributed by atoms with Gasteiger partial charge >= 0.3 is 24.3 Å². The smallest absolute Gasteiger partial charge is 0.475 e. The van der Waals surface area contributed by atoms with Gasteiger partial charge in [0.05, 0.1) is 17.8 Å². The van der Waals surface area contributed by atoms with Gasteiger partial charge in [0, 0.05) is 24.2 Å². The van der Waals surface area contributed by atoms with Crippen molar-refractivity contribution in [1.29, 1.82) is 0 Å². The summed E-state index contributed by atoms with van der Waals surface area (Å²) in [5, 5.41) is 33.7. The fourth-order valence-corrected chi connectivity index (χ4v) is 5.27. The van der Waals surface area contributed by atoms with E-state index in [2.05, 4.69) is 64.3 Å². The van der Waals surface area contributed by atoms with Crippen LogP contribution in [-0.2, 0) is 21.5 Å². The molecular weight excluding hydrogens is 562 g/mol. The minimum absolute atomic E-state index is 0.0831. The van der Waals surface area contributed by atoms with Crippen molar-refractivity contribution >= 4 is 11.9 Å². The highest BCUT2D eigenvalue weighted by atomic mass is 19.4. The molecule has 0 bridgehead atoms. The minimum atomic E-state index is -5.08. The number of nitrogens with one attached hydrogen (secondary N) is 1. The van der Waals surface area contributed by atoms with Gasteiger partial charge in [0.25, 0.3) is 0 Å². The number of halogens is 6. The van der Waals surface area contributed by atoms with E-state index in [4.69, 9.17) is 19.8 Å². The number of carboxylic acids is 2. The van der Waals surface area contributed by atoms with Crippen LogP contribution >= 0.6 is 0 Å². The van der Waals surface area contributed by atoms with Crippen molar-refractivity contribution < 1.29 is 51.3 Å². The first-order valence-electron chi connectivity index (χ1n) is 12.7. The molecule has 1 aromatic heterocycles. The summed E-state index contributed by atoms with van der Waals surface area (Å²) in [5.74, 6) is -5.51. The predicted molar refractivity (Wildman–Crippen MR) is 135 cm³/mol. The SMILES string of the molecule is Cc1cc(C)n(CCCN(C)[C@@H]2c3ccccc3C3(CCNCC3)[C@H]2O)n1.O=C(O)C(F)(F)F.O=C(O)C(F)(F)F. The lowest BCUT2D eigenvalue weighted by Gasteiger charge is -2.40. The van der Waals surface area contributed by atoms with Gasteiger partial charge < -0.3 is 20.6 Å². The zero-order chi connectivity index (χ0) is 31.2. The Morgan fingerprint density at radius 3 is 2.02 bits per heavy atom. The molecule has 1 aromatic carbocycles.